The molecule has 0 radical (unpaired) electrons. The minimum absolute atomic E-state index is 0.0250. The zero-order valence-corrected chi connectivity index (χ0v) is 11.9. The lowest BCUT2D eigenvalue weighted by Crippen LogP contribution is -2.39. The van der Waals surface area contributed by atoms with E-state index < -0.39 is 0 Å². The summed E-state index contributed by atoms with van der Waals surface area (Å²) in [6.07, 6.45) is 2.92. The van der Waals surface area contributed by atoms with Gasteiger partial charge in [-0.3, -0.25) is 14.4 Å². The Morgan fingerprint density at radius 3 is 2.10 bits per heavy atom. The second kappa shape index (κ2) is 6.88. The first-order valence-corrected chi connectivity index (χ1v) is 7.00. The summed E-state index contributed by atoms with van der Waals surface area (Å²) in [7, 11) is 0. The molecular formula is C15H19N3O3. The average molecular weight is 289 g/mol. The van der Waals surface area contributed by atoms with Crippen LogP contribution in [0.3, 0.4) is 0 Å². The average Bonchev–Trinajstić information content (AvgIpc) is 2.36. The number of amides is 3. The van der Waals surface area contributed by atoms with Crippen molar-refractivity contribution < 1.29 is 14.4 Å². The molecule has 0 aliphatic heterocycles. The number of anilines is 2. The predicted octanol–water partition coefficient (Wildman–Crippen LogP) is 1.50. The Labute approximate surface area is 123 Å². The summed E-state index contributed by atoms with van der Waals surface area (Å²) < 4.78 is 0. The third-order valence-corrected chi connectivity index (χ3v) is 3.39. The van der Waals surface area contributed by atoms with E-state index in [0.717, 1.165) is 19.3 Å². The first-order valence-electron chi connectivity index (χ1n) is 7.00. The van der Waals surface area contributed by atoms with Crippen LogP contribution in [-0.2, 0) is 14.4 Å². The summed E-state index contributed by atoms with van der Waals surface area (Å²) in [5.41, 5.74) is 1.28. The lowest BCUT2D eigenvalue weighted by atomic mass is 9.85. The van der Waals surface area contributed by atoms with Gasteiger partial charge >= 0.3 is 0 Å². The van der Waals surface area contributed by atoms with Crippen LogP contribution in [0, 0.1) is 5.92 Å². The van der Waals surface area contributed by atoms with Gasteiger partial charge in [-0.1, -0.05) is 6.42 Å². The van der Waals surface area contributed by atoms with Gasteiger partial charge in [0.05, 0.1) is 6.54 Å². The SMILES string of the molecule is CC(=O)Nc1ccc(NC(=O)CNC(=O)C2CCC2)cc1. The van der Waals surface area contributed by atoms with E-state index in [0.29, 0.717) is 11.4 Å². The number of hydrogen-bond acceptors (Lipinski definition) is 3. The third kappa shape index (κ3) is 4.59. The molecule has 1 aromatic carbocycles. The van der Waals surface area contributed by atoms with E-state index in [1.165, 1.54) is 6.92 Å². The third-order valence-electron chi connectivity index (χ3n) is 3.39. The first kappa shape index (κ1) is 15.0. The number of carbonyl (C=O) groups is 3. The predicted molar refractivity (Wildman–Crippen MR) is 79.7 cm³/mol. The van der Waals surface area contributed by atoms with Crippen LogP contribution >= 0.6 is 0 Å². The summed E-state index contributed by atoms with van der Waals surface area (Å²) >= 11 is 0. The minimum atomic E-state index is -0.269. The zero-order chi connectivity index (χ0) is 15.2. The molecule has 0 saturated heterocycles. The molecule has 1 fully saturated rings. The van der Waals surface area contributed by atoms with Gasteiger partial charge in [0.15, 0.2) is 0 Å². The summed E-state index contributed by atoms with van der Waals surface area (Å²) in [6, 6.07) is 6.78. The van der Waals surface area contributed by atoms with Crippen LogP contribution in [-0.4, -0.2) is 24.3 Å². The molecule has 0 unspecified atom stereocenters. The fraction of sp³-hybridized carbons (Fsp3) is 0.400. The second-order valence-corrected chi connectivity index (χ2v) is 5.15. The topological polar surface area (TPSA) is 87.3 Å². The lowest BCUT2D eigenvalue weighted by Gasteiger charge is -2.23. The second-order valence-electron chi connectivity index (χ2n) is 5.15. The van der Waals surface area contributed by atoms with Crippen LogP contribution in [0.1, 0.15) is 26.2 Å². The zero-order valence-electron chi connectivity index (χ0n) is 11.9. The molecule has 112 valence electrons. The summed E-state index contributed by atoms with van der Waals surface area (Å²) in [5.74, 6) is -0.382. The number of nitrogens with one attached hydrogen (secondary N) is 3. The largest absolute Gasteiger partial charge is 0.347 e. The van der Waals surface area contributed by atoms with Crippen LogP contribution in [0.5, 0.6) is 0 Å². The van der Waals surface area contributed by atoms with Crippen molar-refractivity contribution in [3.05, 3.63) is 24.3 Å². The molecule has 0 bridgehead atoms. The van der Waals surface area contributed by atoms with Crippen molar-refractivity contribution >= 4 is 29.1 Å². The maximum atomic E-state index is 11.7. The maximum Gasteiger partial charge on any atom is 0.243 e. The van der Waals surface area contributed by atoms with Gasteiger partial charge in [-0.15, -0.1) is 0 Å². The summed E-state index contributed by atoms with van der Waals surface area (Å²) in [5, 5.41) is 7.96. The molecule has 1 aliphatic rings. The fourth-order valence-electron chi connectivity index (χ4n) is 2.03. The van der Waals surface area contributed by atoms with Gasteiger partial charge in [0.2, 0.25) is 17.7 Å². The van der Waals surface area contributed by atoms with Crippen molar-refractivity contribution in [2.45, 2.75) is 26.2 Å². The van der Waals surface area contributed by atoms with Crippen molar-refractivity contribution in [2.75, 3.05) is 17.2 Å². The van der Waals surface area contributed by atoms with Crippen molar-refractivity contribution in [3.8, 4) is 0 Å². The van der Waals surface area contributed by atoms with Gasteiger partial charge in [0, 0.05) is 24.2 Å². The standard InChI is InChI=1S/C15H19N3O3/c1-10(19)17-12-5-7-13(8-6-12)18-14(20)9-16-15(21)11-3-2-4-11/h5-8,11H,2-4,9H2,1H3,(H,16,21)(H,17,19)(H,18,20). The molecule has 21 heavy (non-hydrogen) atoms. The number of rotatable bonds is 5. The van der Waals surface area contributed by atoms with E-state index in [4.69, 9.17) is 0 Å². The number of hydrogen-bond donors (Lipinski definition) is 3. The Kier molecular flexibility index (Phi) is 4.92. The molecule has 0 atom stereocenters. The Balaban J connectivity index is 1.76. The molecule has 1 aliphatic carbocycles. The Bertz CT molecular complexity index is 536. The van der Waals surface area contributed by atoms with E-state index in [-0.39, 0.29) is 30.2 Å². The molecule has 1 saturated carbocycles. The molecule has 2 rings (SSSR count). The van der Waals surface area contributed by atoms with Crippen molar-refractivity contribution in [2.24, 2.45) is 5.92 Å². The summed E-state index contributed by atoms with van der Waals surface area (Å²) in [4.78, 5) is 34.2. The normalized spacial score (nSPS) is 14.0. The highest BCUT2D eigenvalue weighted by Gasteiger charge is 2.25. The van der Waals surface area contributed by atoms with Gasteiger partial charge in [-0.05, 0) is 37.1 Å². The monoisotopic (exact) mass is 289 g/mol. The van der Waals surface area contributed by atoms with Crippen LogP contribution in [0.25, 0.3) is 0 Å². The fourth-order valence-corrected chi connectivity index (χ4v) is 2.03. The quantitative estimate of drug-likeness (QED) is 0.767. The summed E-state index contributed by atoms with van der Waals surface area (Å²) in [6.45, 7) is 1.41. The Hall–Kier alpha value is -2.37. The molecule has 6 heteroatoms. The van der Waals surface area contributed by atoms with Crippen molar-refractivity contribution in [1.29, 1.82) is 0 Å². The van der Waals surface area contributed by atoms with Crippen LogP contribution < -0.4 is 16.0 Å². The smallest absolute Gasteiger partial charge is 0.243 e. The van der Waals surface area contributed by atoms with E-state index in [2.05, 4.69) is 16.0 Å². The van der Waals surface area contributed by atoms with E-state index in [1.807, 2.05) is 0 Å². The highest BCUT2D eigenvalue weighted by Crippen LogP contribution is 2.26. The van der Waals surface area contributed by atoms with E-state index in [1.54, 1.807) is 24.3 Å². The lowest BCUT2D eigenvalue weighted by molar-refractivity contribution is -0.129. The van der Waals surface area contributed by atoms with Gasteiger partial charge in [-0.2, -0.15) is 0 Å². The van der Waals surface area contributed by atoms with Gasteiger partial charge in [0.25, 0.3) is 0 Å². The molecule has 1 aromatic rings. The molecule has 0 aromatic heterocycles. The molecule has 6 nitrogen and oxygen atoms in total. The van der Waals surface area contributed by atoms with Crippen LogP contribution in [0.2, 0.25) is 0 Å². The molecule has 0 spiro atoms. The minimum Gasteiger partial charge on any atom is -0.347 e. The van der Waals surface area contributed by atoms with Crippen LogP contribution in [0.15, 0.2) is 24.3 Å². The van der Waals surface area contributed by atoms with Crippen LogP contribution in [0.4, 0.5) is 11.4 Å². The molecule has 3 amide bonds. The highest BCUT2D eigenvalue weighted by molar-refractivity contribution is 5.95. The van der Waals surface area contributed by atoms with E-state index >= 15 is 0 Å². The number of carbonyl (C=O) groups excluding carboxylic acids is 3. The van der Waals surface area contributed by atoms with Gasteiger partial charge in [0.1, 0.15) is 0 Å². The van der Waals surface area contributed by atoms with Crippen molar-refractivity contribution in [1.82, 2.24) is 5.32 Å². The highest BCUT2D eigenvalue weighted by atomic mass is 16.2. The first-order chi connectivity index (χ1) is 10.0. The maximum absolute atomic E-state index is 11.7. The number of benzene rings is 1. The van der Waals surface area contributed by atoms with Crippen molar-refractivity contribution in [3.63, 3.8) is 0 Å². The Morgan fingerprint density at radius 2 is 1.62 bits per heavy atom. The van der Waals surface area contributed by atoms with E-state index in [9.17, 15) is 14.4 Å². The molecule has 0 heterocycles. The molecular weight excluding hydrogens is 270 g/mol. The Morgan fingerprint density at radius 1 is 1.05 bits per heavy atom. The van der Waals surface area contributed by atoms with Gasteiger partial charge in [-0.25, -0.2) is 0 Å². The van der Waals surface area contributed by atoms with Gasteiger partial charge < -0.3 is 16.0 Å². The molecule has 3 N–H and O–H groups in total.